The first kappa shape index (κ1) is 20.7. The molecule has 0 fully saturated rings. The van der Waals surface area contributed by atoms with Crippen LogP contribution in [-0.2, 0) is 23.9 Å². The van der Waals surface area contributed by atoms with Gasteiger partial charge >= 0.3 is 11.9 Å². The van der Waals surface area contributed by atoms with Crippen molar-refractivity contribution in [2.24, 2.45) is 5.16 Å². The third-order valence-electron chi connectivity index (χ3n) is 3.58. The minimum absolute atomic E-state index is 0.0324. The van der Waals surface area contributed by atoms with Crippen LogP contribution in [0.5, 0.6) is 5.75 Å². The van der Waals surface area contributed by atoms with Gasteiger partial charge in [-0.2, -0.15) is 0 Å². The van der Waals surface area contributed by atoms with Gasteiger partial charge in [-0.05, 0) is 53.7 Å². The number of hydrogen-bond donors (Lipinski definition) is 1. The highest BCUT2D eigenvalue weighted by Gasteiger charge is 2.52. The first-order valence-electron chi connectivity index (χ1n) is 8.79. The largest absolute Gasteiger partial charge is 0.508 e. The van der Waals surface area contributed by atoms with Gasteiger partial charge in [0, 0.05) is 12.0 Å². The van der Waals surface area contributed by atoms with E-state index in [0.29, 0.717) is 11.3 Å². The third kappa shape index (κ3) is 5.70. The second kappa shape index (κ2) is 7.21. The molecule has 0 bridgehead atoms. The lowest BCUT2D eigenvalue weighted by Crippen LogP contribution is -2.46. The molecule has 0 spiro atoms. The van der Waals surface area contributed by atoms with Crippen molar-refractivity contribution in [3.8, 4) is 5.75 Å². The highest BCUT2D eigenvalue weighted by atomic mass is 16.7. The smallest absolute Gasteiger partial charge is 0.354 e. The number of phenols is 1. The SMILES string of the molecule is CC(C)(C)OC(=O)C[C@]1(C(=O)OC(C)(C)C)CC(c2cccc(O)c2)=NO1. The van der Waals surface area contributed by atoms with E-state index in [2.05, 4.69) is 5.16 Å². The van der Waals surface area contributed by atoms with Crippen LogP contribution in [0.15, 0.2) is 29.4 Å². The minimum atomic E-state index is -1.60. The maximum atomic E-state index is 12.9. The number of carbonyl (C=O) groups is 2. The Balaban J connectivity index is 2.27. The molecule has 0 saturated carbocycles. The van der Waals surface area contributed by atoms with E-state index in [1.54, 1.807) is 53.7 Å². The third-order valence-corrected chi connectivity index (χ3v) is 3.58. The summed E-state index contributed by atoms with van der Waals surface area (Å²) in [4.78, 5) is 30.7. The summed E-state index contributed by atoms with van der Waals surface area (Å²) in [7, 11) is 0. The first-order valence-corrected chi connectivity index (χ1v) is 8.79. The predicted octanol–water partition coefficient (Wildman–Crippen LogP) is 3.33. The number of esters is 2. The number of hydrogen-bond acceptors (Lipinski definition) is 7. The predicted molar refractivity (Wildman–Crippen MR) is 99.4 cm³/mol. The second-order valence-electron chi connectivity index (χ2n) is 8.62. The van der Waals surface area contributed by atoms with Gasteiger partial charge in [0.2, 0.25) is 5.60 Å². The van der Waals surface area contributed by atoms with Gasteiger partial charge in [-0.25, -0.2) is 4.79 Å². The molecule has 2 rings (SSSR count). The fourth-order valence-electron chi connectivity index (χ4n) is 2.58. The van der Waals surface area contributed by atoms with Gasteiger partial charge in [0.25, 0.3) is 0 Å². The van der Waals surface area contributed by atoms with Crippen molar-refractivity contribution in [3.63, 3.8) is 0 Å². The summed E-state index contributed by atoms with van der Waals surface area (Å²) in [6.07, 6.45) is -0.296. The monoisotopic (exact) mass is 377 g/mol. The van der Waals surface area contributed by atoms with Gasteiger partial charge in [-0.3, -0.25) is 4.79 Å². The quantitative estimate of drug-likeness (QED) is 0.809. The van der Waals surface area contributed by atoms with Crippen LogP contribution in [0.25, 0.3) is 0 Å². The normalized spacial score (nSPS) is 19.9. The number of carbonyl (C=O) groups excluding carboxylic acids is 2. The summed E-state index contributed by atoms with van der Waals surface area (Å²) in [6.45, 7) is 10.4. The van der Waals surface area contributed by atoms with Crippen molar-refractivity contribution in [2.45, 2.75) is 71.2 Å². The van der Waals surface area contributed by atoms with E-state index in [1.807, 2.05) is 0 Å². The fourth-order valence-corrected chi connectivity index (χ4v) is 2.58. The van der Waals surface area contributed by atoms with E-state index in [9.17, 15) is 14.7 Å². The van der Waals surface area contributed by atoms with Crippen LogP contribution in [0.4, 0.5) is 0 Å². The molecule has 0 amide bonds. The van der Waals surface area contributed by atoms with Gasteiger partial charge in [0.15, 0.2) is 0 Å². The van der Waals surface area contributed by atoms with Crippen molar-refractivity contribution in [1.82, 2.24) is 0 Å². The Hall–Kier alpha value is -2.57. The lowest BCUT2D eigenvalue weighted by Gasteiger charge is -2.29. The van der Waals surface area contributed by atoms with Crippen molar-refractivity contribution in [1.29, 1.82) is 0 Å². The van der Waals surface area contributed by atoms with Crippen molar-refractivity contribution >= 4 is 17.7 Å². The highest BCUT2D eigenvalue weighted by Crippen LogP contribution is 2.34. The molecule has 7 nitrogen and oxygen atoms in total. The molecule has 0 saturated heterocycles. The number of ether oxygens (including phenoxy) is 2. The fraction of sp³-hybridized carbons (Fsp3) is 0.550. The van der Waals surface area contributed by atoms with Gasteiger partial charge in [-0.1, -0.05) is 17.3 Å². The van der Waals surface area contributed by atoms with Gasteiger partial charge in [0.05, 0.1) is 12.1 Å². The molecule has 1 atom stereocenters. The van der Waals surface area contributed by atoms with Crippen molar-refractivity contribution in [2.75, 3.05) is 0 Å². The Morgan fingerprint density at radius 1 is 1.15 bits per heavy atom. The topological polar surface area (TPSA) is 94.4 Å². The first-order chi connectivity index (χ1) is 12.3. The van der Waals surface area contributed by atoms with E-state index in [0.717, 1.165) is 0 Å². The summed E-state index contributed by atoms with van der Waals surface area (Å²) < 4.78 is 10.8. The molecule has 0 aliphatic carbocycles. The number of oxime groups is 1. The zero-order valence-corrected chi connectivity index (χ0v) is 16.7. The van der Waals surface area contributed by atoms with E-state index >= 15 is 0 Å². The Kier molecular flexibility index (Phi) is 5.54. The Morgan fingerprint density at radius 3 is 2.33 bits per heavy atom. The van der Waals surface area contributed by atoms with E-state index in [1.165, 1.54) is 12.1 Å². The molecule has 1 aromatic carbocycles. The van der Waals surface area contributed by atoms with Gasteiger partial charge in [0.1, 0.15) is 17.0 Å². The van der Waals surface area contributed by atoms with Crippen molar-refractivity contribution < 1.29 is 29.0 Å². The van der Waals surface area contributed by atoms with E-state index in [-0.39, 0.29) is 18.6 Å². The van der Waals surface area contributed by atoms with E-state index < -0.39 is 28.7 Å². The van der Waals surface area contributed by atoms with Crippen LogP contribution >= 0.6 is 0 Å². The average molecular weight is 377 g/mol. The van der Waals surface area contributed by atoms with Gasteiger partial charge in [-0.15, -0.1) is 0 Å². The van der Waals surface area contributed by atoms with Crippen LogP contribution in [0.3, 0.4) is 0 Å². The highest BCUT2D eigenvalue weighted by molar-refractivity contribution is 6.05. The Bertz CT molecular complexity index is 756. The van der Waals surface area contributed by atoms with Crippen LogP contribution in [0.2, 0.25) is 0 Å². The van der Waals surface area contributed by atoms with Gasteiger partial charge < -0.3 is 19.4 Å². The number of aromatic hydroxyl groups is 1. The molecule has 0 unspecified atom stereocenters. The molecular weight excluding hydrogens is 350 g/mol. The molecule has 1 aliphatic heterocycles. The van der Waals surface area contributed by atoms with Crippen LogP contribution in [0.1, 0.15) is 59.9 Å². The van der Waals surface area contributed by atoms with E-state index in [4.69, 9.17) is 14.3 Å². The maximum absolute atomic E-state index is 12.9. The summed E-state index contributed by atoms with van der Waals surface area (Å²) in [5, 5.41) is 13.7. The number of nitrogens with zero attached hydrogens (tertiary/aromatic N) is 1. The zero-order valence-electron chi connectivity index (χ0n) is 16.7. The number of phenolic OH excluding ortho intramolecular Hbond substituents is 1. The lowest BCUT2D eigenvalue weighted by molar-refractivity contribution is -0.188. The molecule has 1 aliphatic rings. The molecule has 1 heterocycles. The molecule has 27 heavy (non-hydrogen) atoms. The molecule has 0 aromatic heterocycles. The van der Waals surface area contributed by atoms with Crippen LogP contribution in [-0.4, -0.2) is 39.6 Å². The van der Waals surface area contributed by atoms with Crippen LogP contribution in [0, 0.1) is 0 Å². The summed E-state index contributed by atoms with van der Waals surface area (Å²) in [5.41, 5.74) is -2.00. The molecular formula is C20H27NO6. The Morgan fingerprint density at radius 2 is 1.78 bits per heavy atom. The molecule has 7 heteroatoms. The average Bonchev–Trinajstić information content (AvgIpc) is 2.89. The summed E-state index contributed by atoms with van der Waals surface area (Å²) in [5.74, 6) is -1.20. The molecule has 1 aromatic rings. The number of benzene rings is 1. The second-order valence-corrected chi connectivity index (χ2v) is 8.62. The minimum Gasteiger partial charge on any atom is -0.508 e. The molecule has 0 radical (unpaired) electrons. The van der Waals surface area contributed by atoms with Crippen LogP contribution < -0.4 is 0 Å². The summed E-state index contributed by atoms with van der Waals surface area (Å²) >= 11 is 0. The lowest BCUT2D eigenvalue weighted by atomic mass is 9.90. The number of rotatable bonds is 4. The Labute approximate surface area is 159 Å². The summed E-state index contributed by atoms with van der Waals surface area (Å²) in [6, 6.07) is 6.44. The standard InChI is InChI=1S/C20H27NO6/c1-18(2,3)25-16(23)12-20(17(24)26-19(4,5)6)11-15(21-27-20)13-8-7-9-14(22)10-13/h7-10,22H,11-12H2,1-6H3/t20-/m0/s1. The zero-order chi connectivity index (χ0) is 20.5. The molecule has 1 N–H and O–H groups in total. The molecule has 148 valence electrons. The maximum Gasteiger partial charge on any atom is 0.354 e. The van der Waals surface area contributed by atoms with Crippen molar-refractivity contribution in [3.05, 3.63) is 29.8 Å².